The molecule has 4 rings (SSSR count). The minimum atomic E-state index is 0.0376. The first-order valence-electron chi connectivity index (χ1n) is 6.80. The number of amides is 1. The Morgan fingerprint density at radius 1 is 1.40 bits per heavy atom. The zero-order valence-corrected chi connectivity index (χ0v) is 12.3. The molecule has 0 radical (unpaired) electrons. The molecule has 3 aliphatic heterocycles. The molecule has 1 N–H and O–H groups in total. The maximum atomic E-state index is 11.9. The number of piperazine rings is 3. The number of aromatic nitrogens is 4. The van der Waals surface area contributed by atoms with Gasteiger partial charge in [0.15, 0.2) is 0 Å². The van der Waals surface area contributed by atoms with Crippen LogP contribution in [-0.4, -0.2) is 87.0 Å². The van der Waals surface area contributed by atoms with Crippen LogP contribution in [-0.2, 0) is 11.8 Å². The maximum Gasteiger partial charge on any atom is 0.230 e. The Labute approximate surface area is 121 Å². The smallest absolute Gasteiger partial charge is 0.230 e. The lowest BCUT2D eigenvalue weighted by Gasteiger charge is -2.47. The summed E-state index contributed by atoms with van der Waals surface area (Å²) < 4.78 is 1.57. The second kappa shape index (κ2) is 6.06. The van der Waals surface area contributed by atoms with Crippen LogP contribution in [0.2, 0.25) is 0 Å². The van der Waals surface area contributed by atoms with E-state index in [9.17, 15) is 4.79 Å². The maximum absolute atomic E-state index is 11.9. The molecule has 3 saturated heterocycles. The molecule has 0 spiro atoms. The van der Waals surface area contributed by atoms with E-state index in [-0.39, 0.29) is 5.91 Å². The summed E-state index contributed by atoms with van der Waals surface area (Å²) in [5, 5.41) is 14.8. The molecule has 0 saturated carbocycles. The van der Waals surface area contributed by atoms with Crippen molar-refractivity contribution in [3.05, 3.63) is 0 Å². The van der Waals surface area contributed by atoms with Crippen LogP contribution in [0.3, 0.4) is 0 Å². The van der Waals surface area contributed by atoms with Crippen molar-refractivity contribution in [3.8, 4) is 0 Å². The van der Waals surface area contributed by atoms with E-state index in [1.807, 2.05) is 0 Å². The summed E-state index contributed by atoms with van der Waals surface area (Å²) in [5.41, 5.74) is 0. The number of hydrogen-bond donors (Lipinski definition) is 1. The van der Waals surface area contributed by atoms with Crippen molar-refractivity contribution >= 4 is 17.7 Å². The number of nitrogens with zero attached hydrogens (tertiary/aromatic N) is 6. The van der Waals surface area contributed by atoms with Gasteiger partial charge in [-0.2, -0.15) is 0 Å². The lowest BCUT2D eigenvalue weighted by molar-refractivity contribution is -0.119. The minimum Gasteiger partial charge on any atom is -0.354 e. The molecular formula is C11H19N7OS. The summed E-state index contributed by atoms with van der Waals surface area (Å²) in [4.78, 5) is 16.8. The number of fused-ring (bicyclic) bond motifs is 3. The number of tetrazole rings is 1. The van der Waals surface area contributed by atoms with Crippen LogP contribution < -0.4 is 5.32 Å². The van der Waals surface area contributed by atoms with E-state index in [1.54, 1.807) is 11.7 Å². The molecule has 110 valence electrons. The van der Waals surface area contributed by atoms with Crippen molar-refractivity contribution in [1.29, 1.82) is 0 Å². The van der Waals surface area contributed by atoms with Crippen molar-refractivity contribution < 1.29 is 4.79 Å². The topological polar surface area (TPSA) is 79.2 Å². The highest BCUT2D eigenvalue weighted by atomic mass is 32.2. The Morgan fingerprint density at radius 3 is 2.80 bits per heavy atom. The van der Waals surface area contributed by atoms with Crippen molar-refractivity contribution in [1.82, 2.24) is 35.3 Å². The van der Waals surface area contributed by atoms with Crippen LogP contribution in [0.4, 0.5) is 0 Å². The highest BCUT2D eigenvalue weighted by molar-refractivity contribution is 7.99. The fourth-order valence-corrected chi connectivity index (χ4v) is 3.35. The number of carbonyl (C=O) groups excluding carboxylic acids is 1. The number of carbonyl (C=O) groups is 1. The quantitative estimate of drug-likeness (QED) is 0.657. The third-order valence-electron chi connectivity index (χ3n) is 3.84. The standard InChI is InChI=1S/C11H19N7OS/c1-16-11(13-14-15-16)20-8-10(19)12-6-9-7-17-2-4-18(9)5-3-17/h9H,2-8H2,1H3,(H,12,19). The Morgan fingerprint density at radius 2 is 2.20 bits per heavy atom. The van der Waals surface area contributed by atoms with Gasteiger partial charge >= 0.3 is 0 Å². The van der Waals surface area contributed by atoms with Gasteiger partial charge in [0, 0.05) is 52.4 Å². The van der Waals surface area contributed by atoms with Crippen LogP contribution >= 0.6 is 11.8 Å². The van der Waals surface area contributed by atoms with E-state index in [2.05, 4.69) is 30.6 Å². The Bertz CT molecular complexity index is 471. The van der Waals surface area contributed by atoms with Gasteiger partial charge in [-0.1, -0.05) is 11.8 Å². The Hall–Kier alpha value is -1.19. The highest BCUT2D eigenvalue weighted by Crippen LogP contribution is 2.15. The number of hydrogen-bond acceptors (Lipinski definition) is 7. The van der Waals surface area contributed by atoms with E-state index in [0.29, 0.717) is 17.0 Å². The molecular weight excluding hydrogens is 278 g/mol. The first-order chi connectivity index (χ1) is 9.72. The molecule has 1 aromatic rings. The molecule has 0 aromatic carbocycles. The molecule has 4 heterocycles. The van der Waals surface area contributed by atoms with E-state index >= 15 is 0 Å². The van der Waals surface area contributed by atoms with Crippen LogP contribution in [0.15, 0.2) is 5.16 Å². The molecule has 8 nitrogen and oxygen atoms in total. The number of rotatable bonds is 5. The fraction of sp³-hybridized carbons (Fsp3) is 0.818. The van der Waals surface area contributed by atoms with Gasteiger partial charge < -0.3 is 5.32 Å². The van der Waals surface area contributed by atoms with Gasteiger partial charge in [-0.05, 0) is 10.4 Å². The zero-order valence-electron chi connectivity index (χ0n) is 11.5. The summed E-state index contributed by atoms with van der Waals surface area (Å²) in [6.45, 7) is 6.38. The molecule has 1 aromatic heterocycles. The third-order valence-corrected chi connectivity index (χ3v) is 4.85. The van der Waals surface area contributed by atoms with Crippen LogP contribution in [0.25, 0.3) is 0 Å². The molecule has 3 aliphatic rings. The van der Waals surface area contributed by atoms with Crippen molar-refractivity contribution in [3.63, 3.8) is 0 Å². The summed E-state index contributed by atoms with van der Waals surface area (Å²) in [7, 11) is 1.76. The first kappa shape index (κ1) is 13.8. The average molecular weight is 297 g/mol. The molecule has 1 unspecified atom stereocenters. The van der Waals surface area contributed by atoms with Gasteiger partial charge in [-0.3, -0.25) is 14.6 Å². The third kappa shape index (κ3) is 3.10. The summed E-state index contributed by atoms with van der Waals surface area (Å²) in [6, 6.07) is 0.461. The Kier molecular flexibility index (Phi) is 4.18. The molecule has 2 bridgehead atoms. The SMILES string of the molecule is Cn1nnnc1SCC(=O)NCC1CN2CCN1CC2. The number of aryl methyl sites for hydroxylation is 1. The summed E-state index contributed by atoms with van der Waals surface area (Å²) >= 11 is 1.35. The van der Waals surface area contributed by atoms with E-state index in [4.69, 9.17) is 0 Å². The predicted octanol–water partition coefficient (Wildman–Crippen LogP) is -1.58. The molecule has 1 amide bonds. The summed E-state index contributed by atoms with van der Waals surface area (Å²) in [6.07, 6.45) is 0. The van der Waals surface area contributed by atoms with Gasteiger partial charge in [0.2, 0.25) is 11.1 Å². The van der Waals surface area contributed by atoms with Crippen molar-refractivity contribution in [2.24, 2.45) is 7.05 Å². The van der Waals surface area contributed by atoms with Crippen LogP contribution in [0.5, 0.6) is 0 Å². The van der Waals surface area contributed by atoms with Gasteiger partial charge in [0.05, 0.1) is 5.75 Å². The van der Waals surface area contributed by atoms with Crippen molar-refractivity contribution in [2.75, 3.05) is 45.0 Å². The van der Waals surface area contributed by atoms with E-state index < -0.39 is 0 Å². The summed E-state index contributed by atoms with van der Waals surface area (Å²) in [5.74, 6) is 0.389. The fourth-order valence-electron chi connectivity index (χ4n) is 2.67. The lowest BCUT2D eigenvalue weighted by Crippen LogP contribution is -2.63. The zero-order chi connectivity index (χ0) is 13.9. The van der Waals surface area contributed by atoms with E-state index in [0.717, 1.165) is 26.2 Å². The molecule has 9 heteroatoms. The highest BCUT2D eigenvalue weighted by Gasteiger charge is 2.31. The second-order valence-corrected chi connectivity index (χ2v) is 6.11. The normalized spacial score (nSPS) is 28.6. The second-order valence-electron chi connectivity index (χ2n) is 5.17. The first-order valence-corrected chi connectivity index (χ1v) is 7.79. The van der Waals surface area contributed by atoms with Crippen LogP contribution in [0, 0.1) is 0 Å². The molecule has 0 aliphatic carbocycles. The predicted molar refractivity (Wildman–Crippen MR) is 74.3 cm³/mol. The van der Waals surface area contributed by atoms with Gasteiger partial charge in [0.25, 0.3) is 0 Å². The monoisotopic (exact) mass is 297 g/mol. The molecule has 20 heavy (non-hydrogen) atoms. The average Bonchev–Trinajstić information content (AvgIpc) is 2.89. The van der Waals surface area contributed by atoms with Crippen LogP contribution in [0.1, 0.15) is 0 Å². The van der Waals surface area contributed by atoms with Gasteiger partial charge in [-0.15, -0.1) is 5.10 Å². The van der Waals surface area contributed by atoms with Crippen molar-refractivity contribution in [2.45, 2.75) is 11.2 Å². The lowest BCUT2D eigenvalue weighted by atomic mass is 10.1. The Balaban J connectivity index is 1.40. The van der Waals surface area contributed by atoms with E-state index in [1.165, 1.54) is 24.9 Å². The molecule has 1 atom stereocenters. The molecule has 3 fully saturated rings. The van der Waals surface area contributed by atoms with Gasteiger partial charge in [0.1, 0.15) is 0 Å². The largest absolute Gasteiger partial charge is 0.354 e. The number of nitrogens with one attached hydrogen (secondary N) is 1. The number of thioether (sulfide) groups is 1. The minimum absolute atomic E-state index is 0.0376. The van der Waals surface area contributed by atoms with Gasteiger partial charge in [-0.25, -0.2) is 4.68 Å².